The highest BCUT2D eigenvalue weighted by Gasteiger charge is 2.18. The van der Waals surface area contributed by atoms with E-state index in [1.165, 1.54) is 5.56 Å². The van der Waals surface area contributed by atoms with Crippen molar-refractivity contribution in [3.05, 3.63) is 58.0 Å². The highest BCUT2D eigenvalue weighted by Crippen LogP contribution is 2.21. The van der Waals surface area contributed by atoms with Gasteiger partial charge in [0, 0.05) is 12.0 Å². The average Bonchev–Trinajstić information content (AvgIpc) is 2.75. The lowest BCUT2D eigenvalue weighted by atomic mass is 9.96. The lowest BCUT2D eigenvalue weighted by Gasteiger charge is -2.08. The van der Waals surface area contributed by atoms with E-state index >= 15 is 0 Å². The molecule has 0 aliphatic heterocycles. The van der Waals surface area contributed by atoms with E-state index in [-0.39, 0.29) is 5.78 Å². The summed E-state index contributed by atoms with van der Waals surface area (Å²) >= 11 is 0. The van der Waals surface area contributed by atoms with E-state index in [9.17, 15) is 4.79 Å². The van der Waals surface area contributed by atoms with Crippen LogP contribution in [0.1, 0.15) is 45.5 Å². The zero-order valence-electron chi connectivity index (χ0n) is 11.3. The summed E-state index contributed by atoms with van der Waals surface area (Å²) in [6, 6.07) is 7.69. The van der Waals surface area contributed by atoms with Crippen molar-refractivity contribution in [2.24, 2.45) is 0 Å². The highest BCUT2D eigenvalue weighted by molar-refractivity contribution is 6.09. The van der Waals surface area contributed by atoms with Crippen LogP contribution in [0.3, 0.4) is 0 Å². The van der Waals surface area contributed by atoms with Crippen LogP contribution >= 0.6 is 0 Å². The Bertz CT molecular complexity index is 568. The van der Waals surface area contributed by atoms with Crippen LogP contribution in [-0.4, -0.2) is 5.78 Å². The standard InChI is InChI=1S/C16H18O2/c1-5-13-6-7-14(18-13)16(17)15-11(3)8-10(2)9-12(15)4/h6-9H,5H2,1-4H3. The largest absolute Gasteiger partial charge is 0.458 e. The van der Waals surface area contributed by atoms with Gasteiger partial charge in [0.15, 0.2) is 5.76 Å². The fourth-order valence-corrected chi connectivity index (χ4v) is 2.35. The van der Waals surface area contributed by atoms with Crippen LogP contribution in [0.15, 0.2) is 28.7 Å². The third kappa shape index (κ3) is 2.23. The lowest BCUT2D eigenvalue weighted by Crippen LogP contribution is -2.05. The number of benzene rings is 1. The van der Waals surface area contributed by atoms with Crippen molar-refractivity contribution in [3.63, 3.8) is 0 Å². The fraction of sp³-hybridized carbons (Fsp3) is 0.312. The molecule has 94 valence electrons. The average molecular weight is 242 g/mol. The molecule has 1 aromatic carbocycles. The van der Waals surface area contributed by atoms with Gasteiger partial charge in [-0.3, -0.25) is 4.79 Å². The third-order valence-electron chi connectivity index (χ3n) is 3.14. The maximum absolute atomic E-state index is 12.4. The first kappa shape index (κ1) is 12.6. The van der Waals surface area contributed by atoms with Crippen LogP contribution in [0, 0.1) is 20.8 Å². The quantitative estimate of drug-likeness (QED) is 0.761. The number of hydrogen-bond acceptors (Lipinski definition) is 2. The maximum Gasteiger partial charge on any atom is 0.228 e. The number of aryl methyl sites for hydroxylation is 4. The Balaban J connectivity index is 2.46. The zero-order chi connectivity index (χ0) is 13.3. The maximum atomic E-state index is 12.4. The van der Waals surface area contributed by atoms with E-state index in [1.54, 1.807) is 6.07 Å². The molecule has 0 fully saturated rings. The molecule has 2 rings (SSSR count). The minimum absolute atomic E-state index is 0.0234. The molecule has 0 aliphatic rings. The molecular weight excluding hydrogens is 224 g/mol. The predicted molar refractivity (Wildman–Crippen MR) is 72.2 cm³/mol. The monoisotopic (exact) mass is 242 g/mol. The highest BCUT2D eigenvalue weighted by atomic mass is 16.3. The number of hydrogen-bond donors (Lipinski definition) is 0. The van der Waals surface area contributed by atoms with Gasteiger partial charge in [-0.05, 0) is 44.0 Å². The fourth-order valence-electron chi connectivity index (χ4n) is 2.35. The van der Waals surface area contributed by atoms with Gasteiger partial charge in [0.1, 0.15) is 5.76 Å². The Morgan fingerprint density at radius 1 is 1.11 bits per heavy atom. The molecule has 0 spiro atoms. The van der Waals surface area contributed by atoms with Crippen LogP contribution in [-0.2, 0) is 6.42 Å². The molecule has 0 unspecified atom stereocenters. The van der Waals surface area contributed by atoms with Crippen molar-refractivity contribution in [3.8, 4) is 0 Å². The first-order valence-electron chi connectivity index (χ1n) is 6.24. The van der Waals surface area contributed by atoms with Crippen LogP contribution in [0.25, 0.3) is 0 Å². The Kier molecular flexibility index (Phi) is 3.37. The second kappa shape index (κ2) is 4.81. The lowest BCUT2D eigenvalue weighted by molar-refractivity contribution is 0.101. The van der Waals surface area contributed by atoms with Crippen LogP contribution < -0.4 is 0 Å². The smallest absolute Gasteiger partial charge is 0.228 e. The normalized spacial score (nSPS) is 10.7. The van der Waals surface area contributed by atoms with Crippen LogP contribution in [0.2, 0.25) is 0 Å². The molecule has 0 saturated carbocycles. The summed E-state index contributed by atoms with van der Waals surface area (Å²) in [4.78, 5) is 12.4. The number of furan rings is 1. The van der Waals surface area contributed by atoms with Crippen LogP contribution in [0.5, 0.6) is 0 Å². The predicted octanol–water partition coefficient (Wildman–Crippen LogP) is 4.00. The topological polar surface area (TPSA) is 30.2 Å². The van der Waals surface area contributed by atoms with Gasteiger partial charge in [-0.15, -0.1) is 0 Å². The second-order valence-corrected chi connectivity index (χ2v) is 4.72. The van der Waals surface area contributed by atoms with Crippen LogP contribution in [0.4, 0.5) is 0 Å². The molecule has 0 amide bonds. The summed E-state index contributed by atoms with van der Waals surface area (Å²) in [5.74, 6) is 1.26. The van der Waals surface area contributed by atoms with Gasteiger partial charge in [-0.2, -0.15) is 0 Å². The van der Waals surface area contributed by atoms with Crippen molar-refractivity contribution >= 4 is 5.78 Å². The molecule has 1 heterocycles. The van der Waals surface area contributed by atoms with Crippen molar-refractivity contribution in [1.29, 1.82) is 0 Å². The van der Waals surface area contributed by atoms with Crippen molar-refractivity contribution in [2.45, 2.75) is 34.1 Å². The zero-order valence-corrected chi connectivity index (χ0v) is 11.3. The summed E-state index contributed by atoms with van der Waals surface area (Å²) in [7, 11) is 0. The molecule has 18 heavy (non-hydrogen) atoms. The van der Waals surface area contributed by atoms with Crippen molar-refractivity contribution in [1.82, 2.24) is 0 Å². The van der Waals surface area contributed by atoms with Crippen molar-refractivity contribution in [2.75, 3.05) is 0 Å². The minimum atomic E-state index is -0.0234. The van der Waals surface area contributed by atoms with E-state index in [2.05, 4.69) is 0 Å². The number of rotatable bonds is 3. The Labute approximate surface area is 108 Å². The molecule has 0 N–H and O–H groups in total. The van der Waals surface area contributed by atoms with E-state index in [0.29, 0.717) is 5.76 Å². The first-order valence-corrected chi connectivity index (χ1v) is 6.24. The van der Waals surface area contributed by atoms with Gasteiger partial charge < -0.3 is 4.42 Å². The molecule has 0 radical (unpaired) electrons. The molecule has 0 bridgehead atoms. The number of carbonyl (C=O) groups is 1. The van der Waals surface area contributed by atoms with Gasteiger partial charge in [0.05, 0.1) is 0 Å². The summed E-state index contributed by atoms with van der Waals surface area (Å²) in [5.41, 5.74) is 3.95. The van der Waals surface area contributed by atoms with E-state index in [0.717, 1.165) is 28.9 Å². The van der Waals surface area contributed by atoms with Gasteiger partial charge in [0.2, 0.25) is 5.78 Å². The van der Waals surface area contributed by atoms with E-state index in [4.69, 9.17) is 4.42 Å². The molecule has 2 nitrogen and oxygen atoms in total. The number of carbonyl (C=O) groups excluding carboxylic acids is 1. The van der Waals surface area contributed by atoms with Crippen molar-refractivity contribution < 1.29 is 9.21 Å². The molecule has 1 aromatic heterocycles. The van der Waals surface area contributed by atoms with E-state index in [1.807, 2.05) is 45.9 Å². The molecule has 2 heteroatoms. The molecular formula is C16H18O2. The molecule has 0 saturated heterocycles. The molecule has 2 aromatic rings. The third-order valence-corrected chi connectivity index (χ3v) is 3.14. The van der Waals surface area contributed by atoms with E-state index < -0.39 is 0 Å². The summed E-state index contributed by atoms with van der Waals surface area (Å²) in [5, 5.41) is 0. The minimum Gasteiger partial charge on any atom is -0.458 e. The Morgan fingerprint density at radius 2 is 1.72 bits per heavy atom. The van der Waals surface area contributed by atoms with Gasteiger partial charge in [-0.1, -0.05) is 24.6 Å². The van der Waals surface area contributed by atoms with Gasteiger partial charge in [-0.25, -0.2) is 0 Å². The second-order valence-electron chi connectivity index (χ2n) is 4.72. The number of ketones is 1. The summed E-state index contributed by atoms with van der Waals surface area (Å²) in [6.07, 6.45) is 0.805. The molecule has 0 aliphatic carbocycles. The summed E-state index contributed by atoms with van der Waals surface area (Å²) in [6.45, 7) is 7.99. The summed E-state index contributed by atoms with van der Waals surface area (Å²) < 4.78 is 5.54. The van der Waals surface area contributed by atoms with Gasteiger partial charge in [0.25, 0.3) is 0 Å². The Hall–Kier alpha value is -1.83. The SMILES string of the molecule is CCc1ccc(C(=O)c2c(C)cc(C)cc2C)o1. The van der Waals surface area contributed by atoms with Gasteiger partial charge >= 0.3 is 0 Å². The Morgan fingerprint density at radius 3 is 2.22 bits per heavy atom. The molecule has 0 atom stereocenters. The first-order chi connectivity index (χ1) is 8.52.